The van der Waals surface area contributed by atoms with Gasteiger partial charge in [0.15, 0.2) is 0 Å². The second kappa shape index (κ2) is 6.79. The highest BCUT2D eigenvalue weighted by molar-refractivity contribution is 7.13. The van der Waals surface area contributed by atoms with Crippen LogP contribution < -0.4 is 10.9 Å². The van der Waals surface area contributed by atoms with Crippen LogP contribution in [0.2, 0.25) is 0 Å². The SMILES string of the molecule is CCC(=O)Nc1cc(-c2cccs2)nn1-c1nc(CC)cc(=O)[nH]1. The molecule has 0 fully saturated rings. The van der Waals surface area contributed by atoms with Gasteiger partial charge in [0.05, 0.1) is 4.88 Å². The minimum atomic E-state index is -0.252. The average molecular weight is 343 g/mol. The van der Waals surface area contributed by atoms with Gasteiger partial charge in [0.2, 0.25) is 11.9 Å². The summed E-state index contributed by atoms with van der Waals surface area (Å²) in [4.78, 5) is 31.7. The van der Waals surface area contributed by atoms with Gasteiger partial charge < -0.3 is 5.32 Å². The lowest BCUT2D eigenvalue weighted by Gasteiger charge is -2.07. The minimum Gasteiger partial charge on any atom is -0.310 e. The Balaban J connectivity index is 2.12. The highest BCUT2D eigenvalue weighted by atomic mass is 32.1. The maximum Gasteiger partial charge on any atom is 0.252 e. The van der Waals surface area contributed by atoms with Gasteiger partial charge in [-0.3, -0.25) is 14.6 Å². The Morgan fingerprint density at radius 3 is 2.88 bits per heavy atom. The van der Waals surface area contributed by atoms with Crippen molar-refractivity contribution in [1.82, 2.24) is 19.7 Å². The fourth-order valence-corrected chi connectivity index (χ4v) is 2.86. The Hall–Kier alpha value is -2.74. The van der Waals surface area contributed by atoms with Crippen LogP contribution in [0, 0.1) is 0 Å². The van der Waals surface area contributed by atoms with Gasteiger partial charge >= 0.3 is 0 Å². The summed E-state index contributed by atoms with van der Waals surface area (Å²) in [6.45, 7) is 3.69. The summed E-state index contributed by atoms with van der Waals surface area (Å²) < 4.78 is 1.46. The highest BCUT2D eigenvalue weighted by Gasteiger charge is 2.15. The van der Waals surface area contributed by atoms with E-state index in [0.717, 1.165) is 4.88 Å². The number of carbonyl (C=O) groups is 1. The molecule has 3 rings (SSSR count). The van der Waals surface area contributed by atoms with Crippen LogP contribution in [0.25, 0.3) is 16.5 Å². The van der Waals surface area contributed by atoms with Crippen LogP contribution in [0.3, 0.4) is 0 Å². The molecule has 0 unspecified atom stereocenters. The number of aryl methyl sites for hydroxylation is 1. The van der Waals surface area contributed by atoms with E-state index in [1.54, 1.807) is 24.3 Å². The molecule has 3 heterocycles. The molecule has 2 N–H and O–H groups in total. The number of hydrogen-bond acceptors (Lipinski definition) is 5. The van der Waals surface area contributed by atoms with E-state index in [1.165, 1.54) is 10.7 Å². The molecule has 0 aliphatic rings. The number of aromatic nitrogens is 4. The molecule has 0 aliphatic carbocycles. The molecule has 0 atom stereocenters. The Kier molecular flexibility index (Phi) is 4.57. The number of amides is 1. The zero-order valence-electron chi connectivity index (χ0n) is 13.4. The maximum absolute atomic E-state index is 11.8. The van der Waals surface area contributed by atoms with Crippen LogP contribution in [0.15, 0.2) is 34.4 Å². The van der Waals surface area contributed by atoms with E-state index in [-0.39, 0.29) is 17.4 Å². The molecule has 7 nitrogen and oxygen atoms in total. The normalized spacial score (nSPS) is 10.8. The lowest BCUT2D eigenvalue weighted by atomic mass is 10.3. The number of nitrogens with one attached hydrogen (secondary N) is 2. The molecule has 0 bridgehead atoms. The first-order chi connectivity index (χ1) is 11.6. The maximum atomic E-state index is 11.8. The average Bonchev–Trinajstić information content (AvgIpc) is 3.23. The lowest BCUT2D eigenvalue weighted by molar-refractivity contribution is -0.115. The Labute approximate surface area is 142 Å². The fraction of sp³-hybridized carbons (Fsp3) is 0.250. The quantitative estimate of drug-likeness (QED) is 0.745. The van der Waals surface area contributed by atoms with Crippen molar-refractivity contribution in [3.05, 3.63) is 45.7 Å². The zero-order chi connectivity index (χ0) is 17.1. The van der Waals surface area contributed by atoms with Gasteiger partial charge in [-0.1, -0.05) is 19.9 Å². The Morgan fingerprint density at radius 1 is 1.38 bits per heavy atom. The molecule has 0 radical (unpaired) electrons. The monoisotopic (exact) mass is 343 g/mol. The van der Waals surface area contributed by atoms with Gasteiger partial charge in [-0.15, -0.1) is 11.3 Å². The predicted molar refractivity (Wildman–Crippen MR) is 93.6 cm³/mol. The van der Waals surface area contributed by atoms with Gasteiger partial charge in [0.1, 0.15) is 11.5 Å². The second-order valence-electron chi connectivity index (χ2n) is 5.12. The molecule has 124 valence electrons. The summed E-state index contributed by atoms with van der Waals surface area (Å²) in [5.41, 5.74) is 1.12. The first-order valence-corrected chi connectivity index (χ1v) is 8.53. The van der Waals surface area contributed by atoms with Crippen molar-refractivity contribution < 1.29 is 4.79 Å². The molecule has 3 aromatic rings. The van der Waals surface area contributed by atoms with Gasteiger partial charge in [-0.05, 0) is 17.9 Å². The van der Waals surface area contributed by atoms with Crippen LogP contribution in [0.4, 0.5) is 5.82 Å². The summed E-state index contributed by atoms with van der Waals surface area (Å²) in [6, 6.07) is 7.11. The number of nitrogens with zero attached hydrogens (tertiary/aromatic N) is 3. The van der Waals surface area contributed by atoms with E-state index >= 15 is 0 Å². The van der Waals surface area contributed by atoms with E-state index in [9.17, 15) is 9.59 Å². The van der Waals surface area contributed by atoms with E-state index < -0.39 is 0 Å². The third kappa shape index (κ3) is 3.28. The number of thiophene rings is 1. The van der Waals surface area contributed by atoms with E-state index in [1.807, 2.05) is 24.4 Å². The van der Waals surface area contributed by atoms with Crippen molar-refractivity contribution in [2.45, 2.75) is 26.7 Å². The number of H-pyrrole nitrogens is 1. The van der Waals surface area contributed by atoms with Crippen LogP contribution in [-0.4, -0.2) is 25.7 Å². The zero-order valence-corrected chi connectivity index (χ0v) is 14.2. The Morgan fingerprint density at radius 2 is 2.21 bits per heavy atom. The molecular weight excluding hydrogens is 326 g/mol. The van der Waals surface area contributed by atoms with E-state index in [2.05, 4.69) is 20.4 Å². The highest BCUT2D eigenvalue weighted by Crippen LogP contribution is 2.27. The summed E-state index contributed by atoms with van der Waals surface area (Å²) in [6.07, 6.45) is 0.977. The molecule has 0 saturated carbocycles. The smallest absolute Gasteiger partial charge is 0.252 e. The first-order valence-electron chi connectivity index (χ1n) is 7.65. The fourth-order valence-electron chi connectivity index (χ4n) is 2.18. The van der Waals surface area contributed by atoms with Crippen LogP contribution in [0.5, 0.6) is 0 Å². The molecule has 0 aromatic carbocycles. The van der Waals surface area contributed by atoms with Crippen LogP contribution in [0.1, 0.15) is 26.0 Å². The van der Waals surface area contributed by atoms with Crippen molar-refractivity contribution in [2.75, 3.05) is 5.32 Å². The molecule has 8 heteroatoms. The number of carbonyl (C=O) groups excluding carboxylic acids is 1. The third-order valence-electron chi connectivity index (χ3n) is 3.42. The van der Waals surface area contributed by atoms with Crippen molar-refractivity contribution >= 4 is 23.1 Å². The van der Waals surface area contributed by atoms with Crippen molar-refractivity contribution in [1.29, 1.82) is 0 Å². The van der Waals surface area contributed by atoms with E-state index in [4.69, 9.17) is 0 Å². The van der Waals surface area contributed by atoms with Gasteiger partial charge in [-0.25, -0.2) is 4.98 Å². The second-order valence-corrected chi connectivity index (χ2v) is 6.07. The van der Waals surface area contributed by atoms with Crippen molar-refractivity contribution in [3.8, 4) is 16.5 Å². The van der Waals surface area contributed by atoms with Gasteiger partial charge in [0.25, 0.3) is 5.56 Å². The molecule has 24 heavy (non-hydrogen) atoms. The summed E-state index contributed by atoms with van der Waals surface area (Å²) in [7, 11) is 0. The number of aromatic amines is 1. The Bertz CT molecular complexity index is 911. The topological polar surface area (TPSA) is 92.7 Å². The predicted octanol–water partition coefficient (Wildman–Crippen LogP) is 2.60. The molecule has 0 saturated heterocycles. The molecule has 1 amide bonds. The van der Waals surface area contributed by atoms with E-state index in [0.29, 0.717) is 30.0 Å². The van der Waals surface area contributed by atoms with Crippen molar-refractivity contribution in [2.24, 2.45) is 0 Å². The number of rotatable bonds is 5. The summed E-state index contributed by atoms with van der Waals surface area (Å²) >= 11 is 1.55. The third-order valence-corrected chi connectivity index (χ3v) is 4.31. The first kappa shape index (κ1) is 16.1. The molecule has 3 aromatic heterocycles. The van der Waals surface area contributed by atoms with Gasteiger partial charge in [0, 0.05) is 24.2 Å². The van der Waals surface area contributed by atoms with Crippen molar-refractivity contribution in [3.63, 3.8) is 0 Å². The molecule has 0 spiro atoms. The number of hydrogen-bond donors (Lipinski definition) is 2. The number of anilines is 1. The van der Waals surface area contributed by atoms with Crippen LogP contribution >= 0.6 is 11.3 Å². The van der Waals surface area contributed by atoms with Gasteiger partial charge in [-0.2, -0.15) is 9.78 Å². The standard InChI is InChI=1S/C16H17N5O2S/c1-3-10-8-15(23)19-16(17-10)21-13(18-14(22)4-2)9-11(20-21)12-6-5-7-24-12/h5-9H,3-4H2,1-2H3,(H,18,22)(H,17,19,23). The molecule has 0 aliphatic heterocycles. The largest absolute Gasteiger partial charge is 0.310 e. The molecular formula is C16H17N5O2S. The summed E-state index contributed by atoms with van der Waals surface area (Å²) in [5, 5.41) is 9.26. The van der Waals surface area contributed by atoms with Crippen LogP contribution in [-0.2, 0) is 11.2 Å². The minimum absolute atomic E-state index is 0.136. The lowest BCUT2D eigenvalue weighted by Crippen LogP contribution is -2.18. The summed E-state index contributed by atoms with van der Waals surface area (Å²) in [5.74, 6) is 0.623.